The molecule has 0 heterocycles. The first-order valence-corrected chi connectivity index (χ1v) is 10.3. The number of urea groups is 1. The number of esters is 1. The van der Waals surface area contributed by atoms with E-state index in [2.05, 4.69) is 10.6 Å². The van der Waals surface area contributed by atoms with Crippen LogP contribution in [-0.4, -0.2) is 37.2 Å². The minimum absolute atomic E-state index is 0.00321. The molecule has 4 aliphatic carbocycles. The first-order chi connectivity index (χ1) is 13.9. The molecule has 7 heteroatoms. The number of rotatable bonds is 6. The Morgan fingerprint density at radius 3 is 2.28 bits per heavy atom. The van der Waals surface area contributed by atoms with Crippen LogP contribution in [0.15, 0.2) is 24.3 Å². The van der Waals surface area contributed by atoms with Crippen molar-refractivity contribution >= 4 is 17.9 Å². The van der Waals surface area contributed by atoms with Gasteiger partial charge in [-0.2, -0.15) is 0 Å². The molecule has 156 valence electrons. The molecule has 4 bridgehead atoms. The van der Waals surface area contributed by atoms with Crippen molar-refractivity contribution in [2.75, 3.05) is 13.7 Å². The Morgan fingerprint density at radius 1 is 1.03 bits per heavy atom. The predicted molar refractivity (Wildman–Crippen MR) is 105 cm³/mol. The average Bonchev–Trinajstić information content (AvgIpc) is 2.65. The lowest BCUT2D eigenvalue weighted by molar-refractivity contribution is -0.147. The van der Waals surface area contributed by atoms with E-state index >= 15 is 0 Å². The van der Waals surface area contributed by atoms with E-state index in [4.69, 9.17) is 9.47 Å². The molecule has 0 aromatic heterocycles. The fraction of sp³-hybridized carbons (Fsp3) is 0.591. The smallest absolute Gasteiger partial charge is 0.321 e. The van der Waals surface area contributed by atoms with Gasteiger partial charge in [0, 0.05) is 11.1 Å². The molecule has 4 aliphatic rings. The minimum atomic E-state index is -0.624. The van der Waals surface area contributed by atoms with Gasteiger partial charge in [-0.1, -0.05) is 18.2 Å². The second-order valence-corrected chi connectivity index (χ2v) is 8.85. The maximum absolute atomic E-state index is 12.4. The predicted octanol–water partition coefficient (Wildman–Crippen LogP) is 2.58. The summed E-state index contributed by atoms with van der Waals surface area (Å²) in [6.45, 7) is -0.484. The first-order valence-electron chi connectivity index (χ1n) is 10.3. The van der Waals surface area contributed by atoms with E-state index in [1.807, 2.05) is 6.07 Å². The number of carbonyl (C=O) groups excluding carboxylic acids is 3. The third-order valence-electron chi connectivity index (χ3n) is 6.56. The molecule has 0 aliphatic heterocycles. The zero-order valence-electron chi connectivity index (χ0n) is 16.7. The molecule has 5 rings (SSSR count). The van der Waals surface area contributed by atoms with E-state index in [0.717, 1.165) is 19.3 Å². The maximum Gasteiger partial charge on any atom is 0.321 e. The van der Waals surface area contributed by atoms with Crippen molar-refractivity contribution in [3.05, 3.63) is 29.8 Å². The van der Waals surface area contributed by atoms with Crippen molar-refractivity contribution < 1.29 is 23.9 Å². The van der Waals surface area contributed by atoms with E-state index in [9.17, 15) is 14.4 Å². The molecule has 3 amide bonds. The first kappa shape index (κ1) is 19.7. The maximum atomic E-state index is 12.4. The van der Waals surface area contributed by atoms with E-state index in [1.165, 1.54) is 26.4 Å². The van der Waals surface area contributed by atoms with Crippen LogP contribution in [0.25, 0.3) is 0 Å². The molecule has 0 unspecified atom stereocenters. The third kappa shape index (κ3) is 4.54. The van der Waals surface area contributed by atoms with Crippen LogP contribution >= 0.6 is 0 Å². The van der Waals surface area contributed by atoms with Gasteiger partial charge in [-0.3, -0.25) is 14.9 Å². The van der Waals surface area contributed by atoms with Gasteiger partial charge in [0.1, 0.15) is 5.75 Å². The lowest BCUT2D eigenvalue weighted by Gasteiger charge is -2.56. The molecule has 2 N–H and O–H groups in total. The van der Waals surface area contributed by atoms with Gasteiger partial charge in [0.15, 0.2) is 6.61 Å². The molecular formula is C22H28N2O5. The quantitative estimate of drug-likeness (QED) is 0.716. The number of nitrogens with one attached hydrogen (secondary N) is 2. The number of ether oxygens (including phenoxy) is 2. The average molecular weight is 400 g/mol. The molecule has 4 fully saturated rings. The van der Waals surface area contributed by atoms with Crippen LogP contribution in [0.1, 0.15) is 44.1 Å². The second-order valence-electron chi connectivity index (χ2n) is 8.85. The zero-order chi connectivity index (χ0) is 20.4. The van der Waals surface area contributed by atoms with Crippen LogP contribution in [0.5, 0.6) is 5.75 Å². The van der Waals surface area contributed by atoms with Crippen molar-refractivity contribution in [1.29, 1.82) is 0 Å². The number of methoxy groups -OCH3 is 1. The number of hydrogen-bond acceptors (Lipinski definition) is 5. The molecule has 1 aromatic carbocycles. The summed E-state index contributed by atoms with van der Waals surface area (Å²) < 4.78 is 10.2. The summed E-state index contributed by atoms with van der Waals surface area (Å²) >= 11 is 0. The molecule has 0 spiro atoms. The molecule has 0 saturated heterocycles. The highest BCUT2D eigenvalue weighted by Gasteiger charge is 2.51. The van der Waals surface area contributed by atoms with Gasteiger partial charge in [-0.15, -0.1) is 0 Å². The number of amides is 3. The van der Waals surface area contributed by atoms with Gasteiger partial charge < -0.3 is 14.8 Å². The number of benzene rings is 1. The fourth-order valence-electron chi connectivity index (χ4n) is 5.90. The van der Waals surface area contributed by atoms with Crippen LogP contribution in [0.4, 0.5) is 4.79 Å². The number of imide groups is 1. The molecule has 0 atom stereocenters. The Labute approximate surface area is 170 Å². The van der Waals surface area contributed by atoms with Crippen LogP contribution in [0.2, 0.25) is 0 Å². The van der Waals surface area contributed by atoms with Crippen molar-refractivity contribution in [2.24, 2.45) is 17.8 Å². The highest BCUT2D eigenvalue weighted by molar-refractivity contribution is 5.95. The Balaban J connectivity index is 1.22. The van der Waals surface area contributed by atoms with E-state index in [1.54, 1.807) is 18.2 Å². The van der Waals surface area contributed by atoms with Crippen LogP contribution in [0.3, 0.4) is 0 Å². The molecule has 7 nitrogen and oxygen atoms in total. The largest absolute Gasteiger partial charge is 0.496 e. The summed E-state index contributed by atoms with van der Waals surface area (Å²) in [7, 11) is 1.53. The number of carbonyl (C=O) groups is 3. The molecule has 1 aromatic rings. The van der Waals surface area contributed by atoms with Gasteiger partial charge >= 0.3 is 12.0 Å². The standard InChI is InChI=1S/C22H28N2O5/c1-28-18-5-3-2-4-17(18)9-20(26)29-13-19(25)23-21(27)24-22-10-14-6-15(11-22)8-16(7-14)12-22/h2-5,14-16H,6-13H2,1H3,(H2,23,24,25,27). The lowest BCUT2D eigenvalue weighted by atomic mass is 9.53. The van der Waals surface area contributed by atoms with Crippen molar-refractivity contribution in [2.45, 2.75) is 50.5 Å². The van der Waals surface area contributed by atoms with Gasteiger partial charge in [0.05, 0.1) is 13.5 Å². The van der Waals surface area contributed by atoms with Gasteiger partial charge in [-0.25, -0.2) is 4.79 Å². The monoisotopic (exact) mass is 400 g/mol. The third-order valence-corrected chi connectivity index (χ3v) is 6.56. The SMILES string of the molecule is COc1ccccc1CC(=O)OCC(=O)NC(=O)NC12CC3CC(CC(C3)C1)C2. The summed E-state index contributed by atoms with van der Waals surface area (Å²) in [6.07, 6.45) is 6.87. The summed E-state index contributed by atoms with van der Waals surface area (Å²) in [5, 5.41) is 5.38. The highest BCUT2D eigenvalue weighted by atomic mass is 16.5. The Morgan fingerprint density at radius 2 is 1.66 bits per heavy atom. The normalized spacial score (nSPS) is 29.2. The van der Waals surface area contributed by atoms with Crippen molar-refractivity contribution in [3.8, 4) is 5.75 Å². The Kier molecular flexibility index (Phi) is 5.48. The van der Waals surface area contributed by atoms with Crippen LogP contribution in [-0.2, 0) is 20.7 Å². The zero-order valence-corrected chi connectivity index (χ0v) is 16.7. The summed E-state index contributed by atoms with van der Waals surface area (Å²) in [6, 6.07) is 6.64. The van der Waals surface area contributed by atoms with E-state index in [0.29, 0.717) is 29.1 Å². The molecule has 29 heavy (non-hydrogen) atoms. The summed E-state index contributed by atoms with van der Waals surface area (Å²) in [5.41, 5.74) is 0.514. The van der Waals surface area contributed by atoms with E-state index < -0.39 is 24.5 Å². The van der Waals surface area contributed by atoms with Crippen LogP contribution < -0.4 is 15.4 Å². The molecule has 4 saturated carbocycles. The van der Waals surface area contributed by atoms with Crippen LogP contribution in [0, 0.1) is 17.8 Å². The second kappa shape index (κ2) is 8.05. The number of hydrogen-bond donors (Lipinski definition) is 2. The Hall–Kier alpha value is -2.57. The topological polar surface area (TPSA) is 93.7 Å². The summed E-state index contributed by atoms with van der Waals surface area (Å²) in [4.78, 5) is 36.4. The Bertz CT molecular complexity index is 771. The van der Waals surface area contributed by atoms with Gasteiger partial charge in [0.2, 0.25) is 0 Å². The molecular weight excluding hydrogens is 372 g/mol. The number of para-hydroxylation sites is 1. The van der Waals surface area contributed by atoms with Gasteiger partial charge in [-0.05, 0) is 62.3 Å². The van der Waals surface area contributed by atoms with Crippen molar-refractivity contribution in [1.82, 2.24) is 10.6 Å². The lowest BCUT2D eigenvalue weighted by Crippen LogP contribution is -2.62. The molecule has 0 radical (unpaired) electrons. The summed E-state index contributed by atoms with van der Waals surface area (Å²) in [5.74, 6) is 1.52. The minimum Gasteiger partial charge on any atom is -0.496 e. The fourth-order valence-corrected chi connectivity index (χ4v) is 5.90. The van der Waals surface area contributed by atoms with Gasteiger partial charge in [0.25, 0.3) is 5.91 Å². The highest BCUT2D eigenvalue weighted by Crippen LogP contribution is 2.55. The van der Waals surface area contributed by atoms with E-state index in [-0.39, 0.29) is 12.0 Å². The van der Waals surface area contributed by atoms with Crippen molar-refractivity contribution in [3.63, 3.8) is 0 Å².